The molecule has 0 unspecified atom stereocenters. The molecule has 146 valence electrons. The predicted molar refractivity (Wildman–Crippen MR) is 104 cm³/mol. The van der Waals surface area contributed by atoms with Crippen molar-refractivity contribution in [2.45, 2.75) is 24.3 Å². The van der Waals surface area contributed by atoms with Gasteiger partial charge in [0.15, 0.2) is 0 Å². The third kappa shape index (κ3) is 6.06. The van der Waals surface area contributed by atoms with Gasteiger partial charge >= 0.3 is 5.97 Å². The molecule has 0 fully saturated rings. The maximum absolute atomic E-state index is 12.8. The van der Waals surface area contributed by atoms with Gasteiger partial charge in [-0.3, -0.25) is 0 Å². The first-order valence-corrected chi connectivity index (χ1v) is 9.98. The Morgan fingerprint density at radius 3 is 2.52 bits per heavy atom. The highest BCUT2D eigenvalue weighted by atomic mass is 32.2. The molecule has 27 heavy (non-hydrogen) atoms. The largest absolute Gasteiger partial charge is 0.478 e. The van der Waals surface area contributed by atoms with Gasteiger partial charge in [-0.1, -0.05) is 30.3 Å². The van der Waals surface area contributed by atoms with Crippen LogP contribution >= 0.6 is 0 Å². The van der Waals surface area contributed by atoms with Crippen LogP contribution in [0.2, 0.25) is 0 Å². The van der Waals surface area contributed by atoms with Crippen molar-refractivity contribution in [3.8, 4) is 0 Å². The normalized spacial score (nSPS) is 12.5. The molecule has 0 amide bonds. The first kappa shape index (κ1) is 20.9. The summed E-state index contributed by atoms with van der Waals surface area (Å²) >= 11 is 0. The maximum Gasteiger partial charge on any atom is 0.335 e. The van der Waals surface area contributed by atoms with Crippen molar-refractivity contribution in [2.75, 3.05) is 25.6 Å². The van der Waals surface area contributed by atoms with Crippen molar-refractivity contribution >= 4 is 21.7 Å². The minimum Gasteiger partial charge on any atom is -0.478 e. The van der Waals surface area contributed by atoms with Crippen LogP contribution in [-0.2, 0) is 21.2 Å². The molecule has 0 aliphatic carbocycles. The SMILES string of the molecule is COC[C@@H](C)Nc1ccc(C(=O)O)cc1S(=O)(=O)NCCc1ccccc1. The van der Waals surface area contributed by atoms with Gasteiger partial charge in [-0.05, 0) is 37.1 Å². The van der Waals surface area contributed by atoms with E-state index in [1.54, 1.807) is 7.11 Å². The molecule has 8 heteroatoms. The van der Waals surface area contributed by atoms with Crippen LogP contribution in [0.3, 0.4) is 0 Å². The molecule has 0 aliphatic heterocycles. The molecule has 0 saturated carbocycles. The highest BCUT2D eigenvalue weighted by Crippen LogP contribution is 2.24. The summed E-state index contributed by atoms with van der Waals surface area (Å²) in [6.07, 6.45) is 0.529. The van der Waals surface area contributed by atoms with Crippen LogP contribution in [-0.4, -0.2) is 45.8 Å². The quantitative estimate of drug-likeness (QED) is 0.573. The molecule has 0 bridgehead atoms. The number of rotatable bonds is 10. The van der Waals surface area contributed by atoms with Crippen LogP contribution in [0, 0.1) is 0 Å². The van der Waals surface area contributed by atoms with Gasteiger partial charge in [-0.2, -0.15) is 0 Å². The van der Waals surface area contributed by atoms with Gasteiger partial charge in [0.25, 0.3) is 0 Å². The number of anilines is 1. The zero-order valence-electron chi connectivity index (χ0n) is 15.3. The van der Waals surface area contributed by atoms with E-state index < -0.39 is 16.0 Å². The predicted octanol–water partition coefficient (Wildman–Crippen LogP) is 2.35. The second-order valence-electron chi connectivity index (χ2n) is 6.15. The van der Waals surface area contributed by atoms with Crippen LogP contribution in [0.15, 0.2) is 53.4 Å². The summed E-state index contributed by atoms with van der Waals surface area (Å²) in [7, 11) is -2.34. The number of carbonyl (C=O) groups is 1. The number of benzene rings is 2. The lowest BCUT2D eigenvalue weighted by molar-refractivity contribution is 0.0696. The number of carboxylic acids is 1. The number of carboxylic acid groups (broad SMARTS) is 1. The summed E-state index contributed by atoms with van der Waals surface area (Å²) in [5, 5.41) is 12.3. The number of hydrogen-bond acceptors (Lipinski definition) is 5. The number of sulfonamides is 1. The monoisotopic (exact) mass is 392 g/mol. The molecule has 0 radical (unpaired) electrons. The van der Waals surface area contributed by atoms with Gasteiger partial charge in [-0.15, -0.1) is 0 Å². The molecule has 0 aliphatic rings. The molecule has 7 nitrogen and oxygen atoms in total. The highest BCUT2D eigenvalue weighted by molar-refractivity contribution is 7.89. The van der Waals surface area contributed by atoms with E-state index in [4.69, 9.17) is 4.74 Å². The van der Waals surface area contributed by atoms with Crippen molar-refractivity contribution in [2.24, 2.45) is 0 Å². The third-order valence-corrected chi connectivity index (χ3v) is 5.39. The number of nitrogens with one attached hydrogen (secondary N) is 2. The van der Waals surface area contributed by atoms with E-state index in [9.17, 15) is 18.3 Å². The van der Waals surface area contributed by atoms with Crippen molar-refractivity contribution in [3.05, 3.63) is 59.7 Å². The molecule has 3 N–H and O–H groups in total. The zero-order valence-corrected chi connectivity index (χ0v) is 16.1. The Morgan fingerprint density at radius 2 is 1.89 bits per heavy atom. The van der Waals surface area contributed by atoms with Crippen molar-refractivity contribution < 1.29 is 23.1 Å². The lowest BCUT2D eigenvalue weighted by Crippen LogP contribution is -2.28. The van der Waals surface area contributed by atoms with E-state index in [1.807, 2.05) is 37.3 Å². The Labute approximate surface area is 159 Å². The first-order valence-electron chi connectivity index (χ1n) is 8.50. The summed E-state index contributed by atoms with van der Waals surface area (Å²) in [5.74, 6) is -1.19. The van der Waals surface area contributed by atoms with Crippen LogP contribution in [0.5, 0.6) is 0 Å². The topological polar surface area (TPSA) is 105 Å². The molecular formula is C19H24N2O5S. The van der Waals surface area contributed by atoms with Crippen LogP contribution in [0.25, 0.3) is 0 Å². The van der Waals surface area contributed by atoms with Crippen molar-refractivity contribution in [1.82, 2.24) is 4.72 Å². The van der Waals surface area contributed by atoms with Crippen LogP contribution in [0.4, 0.5) is 5.69 Å². The number of hydrogen-bond donors (Lipinski definition) is 3. The Balaban J connectivity index is 2.23. The smallest absolute Gasteiger partial charge is 0.335 e. The standard InChI is InChI=1S/C19H24N2O5S/c1-14(13-26-2)21-17-9-8-16(19(22)23)12-18(17)27(24,25)20-11-10-15-6-4-3-5-7-15/h3-9,12,14,20-21H,10-11,13H2,1-2H3,(H,22,23)/t14-/m1/s1. The minimum absolute atomic E-state index is 0.0941. The summed E-state index contributed by atoms with van der Waals surface area (Å²) in [4.78, 5) is 11.2. The number of methoxy groups -OCH3 is 1. The third-order valence-electron chi connectivity index (χ3n) is 3.89. The lowest BCUT2D eigenvalue weighted by Gasteiger charge is -2.18. The average Bonchev–Trinajstić information content (AvgIpc) is 2.62. The molecule has 0 spiro atoms. The fourth-order valence-electron chi connectivity index (χ4n) is 2.61. The molecule has 2 rings (SSSR count). The van der Waals surface area contributed by atoms with Gasteiger partial charge in [0.1, 0.15) is 4.90 Å². The van der Waals surface area contributed by atoms with E-state index in [2.05, 4.69) is 10.0 Å². The Hall–Kier alpha value is -2.42. The highest BCUT2D eigenvalue weighted by Gasteiger charge is 2.21. The summed E-state index contributed by atoms with van der Waals surface area (Å²) in [6.45, 7) is 2.42. The second kappa shape index (κ2) is 9.50. The minimum atomic E-state index is -3.89. The van der Waals surface area contributed by atoms with Crippen molar-refractivity contribution in [1.29, 1.82) is 0 Å². The van der Waals surface area contributed by atoms with Gasteiger partial charge in [0.2, 0.25) is 10.0 Å². The maximum atomic E-state index is 12.8. The molecule has 0 saturated heterocycles. The van der Waals surface area contributed by atoms with Gasteiger partial charge in [-0.25, -0.2) is 17.9 Å². The lowest BCUT2D eigenvalue weighted by atomic mass is 10.2. The summed E-state index contributed by atoms with van der Waals surface area (Å²) in [6, 6.07) is 13.3. The van der Waals surface area contributed by atoms with E-state index in [-0.39, 0.29) is 23.0 Å². The Bertz CT molecular complexity index is 869. The zero-order chi connectivity index (χ0) is 19.9. The van der Waals surface area contributed by atoms with E-state index in [0.29, 0.717) is 18.7 Å². The number of ether oxygens (including phenoxy) is 1. The van der Waals surface area contributed by atoms with Crippen LogP contribution in [0.1, 0.15) is 22.8 Å². The van der Waals surface area contributed by atoms with Gasteiger partial charge in [0, 0.05) is 19.7 Å². The second-order valence-corrected chi connectivity index (χ2v) is 7.89. The Kier molecular flexibility index (Phi) is 7.35. The Morgan fingerprint density at radius 1 is 1.19 bits per heavy atom. The summed E-state index contributed by atoms with van der Waals surface area (Å²) in [5.41, 5.74) is 1.24. The molecule has 1 atom stereocenters. The summed E-state index contributed by atoms with van der Waals surface area (Å²) < 4.78 is 33.2. The van der Waals surface area contributed by atoms with Crippen molar-refractivity contribution in [3.63, 3.8) is 0 Å². The fraction of sp³-hybridized carbons (Fsp3) is 0.316. The molecule has 2 aromatic carbocycles. The van der Waals surface area contributed by atoms with Crippen LogP contribution < -0.4 is 10.0 Å². The molecular weight excluding hydrogens is 368 g/mol. The van der Waals surface area contributed by atoms with E-state index in [1.165, 1.54) is 12.1 Å². The van der Waals surface area contributed by atoms with E-state index in [0.717, 1.165) is 11.6 Å². The number of aromatic carboxylic acids is 1. The fourth-order valence-corrected chi connectivity index (χ4v) is 3.83. The van der Waals surface area contributed by atoms with E-state index >= 15 is 0 Å². The molecule has 0 heterocycles. The molecule has 2 aromatic rings. The van der Waals surface area contributed by atoms with Gasteiger partial charge in [0.05, 0.1) is 17.9 Å². The first-order chi connectivity index (χ1) is 12.8. The molecule has 0 aromatic heterocycles. The van der Waals surface area contributed by atoms with Gasteiger partial charge < -0.3 is 15.2 Å². The average molecular weight is 392 g/mol.